The minimum absolute atomic E-state index is 0.254. The number of hydrogen-bond donors (Lipinski definition) is 1. The highest BCUT2D eigenvalue weighted by Gasteiger charge is 2.14. The van der Waals surface area contributed by atoms with Crippen molar-refractivity contribution >= 4 is 0 Å². The Bertz CT molecular complexity index is 822. The number of para-hydroxylation sites is 1. The van der Waals surface area contributed by atoms with Crippen LogP contribution in [0.4, 0.5) is 0 Å². The zero-order valence-electron chi connectivity index (χ0n) is 15.3. The van der Waals surface area contributed by atoms with Crippen LogP contribution in [0.1, 0.15) is 35.5 Å². The second-order valence-electron chi connectivity index (χ2n) is 6.27. The third kappa shape index (κ3) is 3.74. The fourth-order valence-corrected chi connectivity index (χ4v) is 3.02. The molecule has 1 atom stereocenters. The number of ether oxygens (including phenoxy) is 1. The van der Waals surface area contributed by atoms with Crippen molar-refractivity contribution in [3.05, 3.63) is 77.1 Å². The van der Waals surface area contributed by atoms with Gasteiger partial charge in [-0.1, -0.05) is 30.3 Å². The normalized spacial score (nSPS) is 12.2. The van der Waals surface area contributed by atoms with Crippen LogP contribution >= 0.6 is 0 Å². The summed E-state index contributed by atoms with van der Waals surface area (Å²) in [5.41, 5.74) is 5.84. The summed E-state index contributed by atoms with van der Waals surface area (Å²) in [7, 11) is 1.69. The highest BCUT2D eigenvalue weighted by molar-refractivity contribution is 5.37. The van der Waals surface area contributed by atoms with Gasteiger partial charge < -0.3 is 10.1 Å². The topological polar surface area (TPSA) is 39.1 Å². The summed E-state index contributed by atoms with van der Waals surface area (Å²) >= 11 is 0. The van der Waals surface area contributed by atoms with E-state index >= 15 is 0 Å². The fraction of sp³-hybridized carbons (Fsp3) is 0.286. The molecule has 2 aromatic carbocycles. The molecule has 25 heavy (non-hydrogen) atoms. The molecule has 3 rings (SSSR count). The molecule has 0 amide bonds. The molecule has 1 unspecified atom stereocenters. The molecule has 3 aromatic rings. The molecule has 0 bridgehead atoms. The van der Waals surface area contributed by atoms with Gasteiger partial charge in [-0.2, -0.15) is 5.10 Å². The van der Waals surface area contributed by atoms with E-state index in [0.717, 1.165) is 23.7 Å². The summed E-state index contributed by atoms with van der Waals surface area (Å²) in [6, 6.07) is 18.7. The Morgan fingerprint density at radius 3 is 2.36 bits per heavy atom. The Balaban J connectivity index is 1.73. The molecule has 0 saturated carbocycles. The Labute approximate surface area is 149 Å². The summed E-state index contributed by atoms with van der Waals surface area (Å²) in [5, 5.41) is 8.32. The predicted octanol–water partition coefficient (Wildman–Crippen LogP) is 4.35. The first-order valence-corrected chi connectivity index (χ1v) is 8.58. The standard InChI is InChI=1S/C21H25N3O/c1-15(18-10-12-20(25-4)13-11-18)22-14-21-16(2)23-24(17(21)3)19-8-6-5-7-9-19/h5-13,15,22H,14H2,1-4H3. The lowest BCUT2D eigenvalue weighted by atomic mass is 10.1. The maximum absolute atomic E-state index is 5.22. The number of hydrogen-bond acceptors (Lipinski definition) is 3. The van der Waals surface area contributed by atoms with Gasteiger partial charge in [0.2, 0.25) is 0 Å². The van der Waals surface area contributed by atoms with Crippen molar-refractivity contribution in [1.29, 1.82) is 0 Å². The van der Waals surface area contributed by atoms with Gasteiger partial charge in [0.1, 0.15) is 5.75 Å². The summed E-state index contributed by atoms with van der Waals surface area (Å²) in [5.74, 6) is 0.881. The number of aromatic nitrogens is 2. The maximum atomic E-state index is 5.22. The highest BCUT2D eigenvalue weighted by Crippen LogP contribution is 2.21. The molecule has 0 fully saturated rings. The van der Waals surface area contributed by atoms with Gasteiger partial charge in [0, 0.05) is 23.8 Å². The first kappa shape index (κ1) is 17.2. The van der Waals surface area contributed by atoms with Crippen molar-refractivity contribution in [1.82, 2.24) is 15.1 Å². The van der Waals surface area contributed by atoms with E-state index in [0.29, 0.717) is 0 Å². The van der Waals surface area contributed by atoms with Crippen LogP contribution in [0, 0.1) is 13.8 Å². The zero-order chi connectivity index (χ0) is 17.8. The van der Waals surface area contributed by atoms with E-state index in [1.54, 1.807) is 7.11 Å². The lowest BCUT2D eigenvalue weighted by molar-refractivity contribution is 0.414. The Hall–Kier alpha value is -2.59. The predicted molar refractivity (Wildman–Crippen MR) is 101 cm³/mol. The van der Waals surface area contributed by atoms with Gasteiger partial charge in [-0.25, -0.2) is 4.68 Å². The second kappa shape index (κ2) is 7.53. The molecule has 130 valence electrons. The largest absolute Gasteiger partial charge is 0.497 e. The summed E-state index contributed by atoms with van der Waals surface area (Å²) in [6.45, 7) is 7.16. The Morgan fingerprint density at radius 2 is 1.72 bits per heavy atom. The van der Waals surface area contributed by atoms with Crippen molar-refractivity contribution in [2.24, 2.45) is 0 Å². The number of benzene rings is 2. The summed E-state index contributed by atoms with van der Waals surface area (Å²) in [4.78, 5) is 0. The molecule has 0 spiro atoms. The van der Waals surface area contributed by atoms with Crippen LogP contribution in [0.15, 0.2) is 54.6 Å². The zero-order valence-corrected chi connectivity index (χ0v) is 15.3. The summed E-state index contributed by atoms with van der Waals surface area (Å²) in [6.07, 6.45) is 0. The van der Waals surface area contributed by atoms with Crippen LogP contribution in [-0.4, -0.2) is 16.9 Å². The number of rotatable bonds is 6. The van der Waals surface area contributed by atoms with Gasteiger partial charge in [0.25, 0.3) is 0 Å². The minimum Gasteiger partial charge on any atom is -0.497 e. The van der Waals surface area contributed by atoms with Crippen molar-refractivity contribution < 1.29 is 4.74 Å². The van der Waals surface area contributed by atoms with Crippen molar-refractivity contribution in [2.75, 3.05) is 7.11 Å². The van der Waals surface area contributed by atoms with Gasteiger partial charge in [-0.05, 0) is 50.6 Å². The van der Waals surface area contributed by atoms with Gasteiger partial charge in [0.15, 0.2) is 0 Å². The monoisotopic (exact) mass is 335 g/mol. The SMILES string of the molecule is COc1ccc(C(C)NCc2c(C)nn(-c3ccccc3)c2C)cc1. The molecule has 0 saturated heterocycles. The number of nitrogens with zero attached hydrogens (tertiary/aromatic N) is 2. The molecule has 4 nitrogen and oxygen atoms in total. The quantitative estimate of drug-likeness (QED) is 0.728. The Morgan fingerprint density at radius 1 is 1.04 bits per heavy atom. The summed E-state index contributed by atoms with van der Waals surface area (Å²) < 4.78 is 7.24. The molecule has 0 aliphatic carbocycles. The van der Waals surface area contributed by atoms with E-state index in [1.807, 2.05) is 35.0 Å². The number of methoxy groups -OCH3 is 1. The van der Waals surface area contributed by atoms with Gasteiger partial charge in [0.05, 0.1) is 18.5 Å². The van der Waals surface area contributed by atoms with Crippen molar-refractivity contribution in [2.45, 2.75) is 33.4 Å². The molecule has 4 heteroatoms. The van der Waals surface area contributed by atoms with Crippen LogP contribution in [0.3, 0.4) is 0 Å². The smallest absolute Gasteiger partial charge is 0.118 e. The molecule has 0 radical (unpaired) electrons. The first-order chi connectivity index (χ1) is 12.1. The molecule has 1 aromatic heterocycles. The fourth-order valence-electron chi connectivity index (χ4n) is 3.02. The molecule has 1 heterocycles. The van der Waals surface area contributed by atoms with Crippen LogP contribution < -0.4 is 10.1 Å². The van der Waals surface area contributed by atoms with Crippen LogP contribution in [-0.2, 0) is 6.54 Å². The van der Waals surface area contributed by atoms with Crippen molar-refractivity contribution in [3.63, 3.8) is 0 Å². The third-order valence-electron chi connectivity index (χ3n) is 4.64. The van der Waals surface area contributed by atoms with Crippen LogP contribution in [0.2, 0.25) is 0 Å². The molecule has 1 N–H and O–H groups in total. The van der Waals surface area contributed by atoms with E-state index in [1.165, 1.54) is 16.8 Å². The molecule has 0 aliphatic rings. The second-order valence-corrected chi connectivity index (χ2v) is 6.27. The number of nitrogens with one attached hydrogen (secondary N) is 1. The minimum atomic E-state index is 0.254. The third-order valence-corrected chi connectivity index (χ3v) is 4.64. The first-order valence-electron chi connectivity index (χ1n) is 8.58. The van der Waals surface area contributed by atoms with E-state index in [4.69, 9.17) is 9.84 Å². The lowest BCUT2D eigenvalue weighted by Gasteiger charge is -2.15. The van der Waals surface area contributed by atoms with Gasteiger partial charge in [-0.3, -0.25) is 0 Å². The van der Waals surface area contributed by atoms with E-state index < -0.39 is 0 Å². The highest BCUT2D eigenvalue weighted by atomic mass is 16.5. The van der Waals surface area contributed by atoms with E-state index in [-0.39, 0.29) is 6.04 Å². The van der Waals surface area contributed by atoms with Gasteiger partial charge in [-0.15, -0.1) is 0 Å². The average Bonchev–Trinajstić information content (AvgIpc) is 2.94. The molecular formula is C21H25N3O. The van der Waals surface area contributed by atoms with E-state index in [2.05, 4.69) is 50.4 Å². The Kier molecular flexibility index (Phi) is 5.19. The van der Waals surface area contributed by atoms with Crippen LogP contribution in [0.5, 0.6) is 5.75 Å². The van der Waals surface area contributed by atoms with Crippen molar-refractivity contribution in [3.8, 4) is 11.4 Å². The van der Waals surface area contributed by atoms with Gasteiger partial charge >= 0.3 is 0 Å². The molecule has 0 aliphatic heterocycles. The maximum Gasteiger partial charge on any atom is 0.118 e. The van der Waals surface area contributed by atoms with E-state index in [9.17, 15) is 0 Å². The average molecular weight is 335 g/mol. The lowest BCUT2D eigenvalue weighted by Crippen LogP contribution is -2.19. The molecular weight excluding hydrogens is 310 g/mol. The number of aryl methyl sites for hydroxylation is 1. The van der Waals surface area contributed by atoms with Crippen LogP contribution in [0.25, 0.3) is 5.69 Å².